The van der Waals surface area contributed by atoms with E-state index in [9.17, 15) is 0 Å². The van der Waals surface area contributed by atoms with Crippen LogP contribution in [0, 0.1) is 6.92 Å². The molecule has 2 N–H and O–H groups in total. The first-order valence-corrected chi connectivity index (χ1v) is 7.03. The lowest BCUT2D eigenvalue weighted by Gasteiger charge is -2.13. The van der Waals surface area contributed by atoms with Gasteiger partial charge >= 0.3 is 0 Å². The lowest BCUT2D eigenvalue weighted by Crippen LogP contribution is -2.06. The lowest BCUT2D eigenvalue weighted by molar-refractivity contribution is 0.285. The van der Waals surface area contributed by atoms with Crippen LogP contribution in [0.25, 0.3) is 10.8 Å². The van der Waals surface area contributed by atoms with Gasteiger partial charge in [-0.2, -0.15) is 0 Å². The molecule has 3 aromatic rings. The van der Waals surface area contributed by atoms with Crippen molar-refractivity contribution in [3.8, 4) is 5.75 Å². The second-order valence-electron chi connectivity index (χ2n) is 5.02. The molecule has 4 heteroatoms. The third-order valence-corrected chi connectivity index (χ3v) is 3.44. The second-order valence-corrected chi connectivity index (χ2v) is 5.02. The average Bonchev–Trinajstić information content (AvgIpc) is 2.92. The highest BCUT2D eigenvalue weighted by Gasteiger charge is 2.09. The van der Waals surface area contributed by atoms with E-state index in [2.05, 4.69) is 23.4 Å². The second kappa shape index (κ2) is 5.97. The SMILES string of the molecule is Cc1cc(COc2ccc3ccccc3c2CCN)no1. The minimum Gasteiger partial charge on any atom is -0.487 e. The van der Waals surface area contributed by atoms with E-state index < -0.39 is 0 Å². The Morgan fingerprint density at radius 1 is 1.19 bits per heavy atom. The summed E-state index contributed by atoms with van der Waals surface area (Å²) in [6.07, 6.45) is 0.786. The number of hydrogen-bond donors (Lipinski definition) is 1. The van der Waals surface area contributed by atoms with Crippen molar-refractivity contribution in [1.29, 1.82) is 0 Å². The zero-order chi connectivity index (χ0) is 14.7. The highest BCUT2D eigenvalue weighted by molar-refractivity contribution is 5.87. The number of hydrogen-bond acceptors (Lipinski definition) is 4. The normalized spacial score (nSPS) is 11.0. The summed E-state index contributed by atoms with van der Waals surface area (Å²) in [4.78, 5) is 0. The van der Waals surface area contributed by atoms with Gasteiger partial charge < -0.3 is 15.0 Å². The van der Waals surface area contributed by atoms with Gasteiger partial charge in [0.25, 0.3) is 0 Å². The Morgan fingerprint density at radius 2 is 2.05 bits per heavy atom. The largest absolute Gasteiger partial charge is 0.487 e. The van der Waals surface area contributed by atoms with Gasteiger partial charge in [-0.1, -0.05) is 35.5 Å². The van der Waals surface area contributed by atoms with Gasteiger partial charge in [0, 0.05) is 11.6 Å². The summed E-state index contributed by atoms with van der Waals surface area (Å²) in [6.45, 7) is 2.85. The number of fused-ring (bicyclic) bond motifs is 1. The van der Waals surface area contributed by atoms with Crippen molar-refractivity contribution in [2.24, 2.45) is 5.73 Å². The molecule has 3 rings (SSSR count). The van der Waals surface area contributed by atoms with Crippen LogP contribution in [-0.2, 0) is 13.0 Å². The van der Waals surface area contributed by atoms with Gasteiger partial charge in [-0.15, -0.1) is 0 Å². The molecule has 0 atom stereocenters. The Kier molecular flexibility index (Phi) is 3.88. The number of aryl methyl sites for hydroxylation is 1. The van der Waals surface area contributed by atoms with Crippen molar-refractivity contribution >= 4 is 10.8 Å². The fourth-order valence-corrected chi connectivity index (χ4v) is 2.49. The van der Waals surface area contributed by atoms with Crippen LogP contribution in [0.2, 0.25) is 0 Å². The zero-order valence-electron chi connectivity index (χ0n) is 12.0. The van der Waals surface area contributed by atoms with Crippen molar-refractivity contribution in [2.45, 2.75) is 20.0 Å². The van der Waals surface area contributed by atoms with E-state index >= 15 is 0 Å². The molecule has 0 spiro atoms. The van der Waals surface area contributed by atoms with Crippen LogP contribution in [0.5, 0.6) is 5.75 Å². The van der Waals surface area contributed by atoms with E-state index in [-0.39, 0.29) is 0 Å². The minimum atomic E-state index is 0.396. The van der Waals surface area contributed by atoms with Crippen LogP contribution >= 0.6 is 0 Å². The smallest absolute Gasteiger partial charge is 0.134 e. The van der Waals surface area contributed by atoms with Crippen LogP contribution in [0.1, 0.15) is 17.0 Å². The van der Waals surface area contributed by atoms with Gasteiger partial charge in [-0.3, -0.25) is 0 Å². The molecular weight excluding hydrogens is 264 g/mol. The van der Waals surface area contributed by atoms with Gasteiger partial charge in [-0.05, 0) is 36.7 Å². The van der Waals surface area contributed by atoms with Crippen LogP contribution in [0.3, 0.4) is 0 Å². The first-order valence-electron chi connectivity index (χ1n) is 7.03. The standard InChI is InChI=1S/C17H18N2O2/c1-12-10-14(19-21-12)11-20-17-7-6-13-4-2-3-5-15(13)16(17)8-9-18/h2-7,10H,8-9,11,18H2,1H3. The molecule has 0 aliphatic heterocycles. The molecule has 1 heterocycles. The number of nitrogens with zero attached hydrogens (tertiary/aromatic N) is 1. The topological polar surface area (TPSA) is 61.3 Å². The minimum absolute atomic E-state index is 0.396. The Labute approximate surface area is 123 Å². The predicted octanol–water partition coefficient (Wildman–Crippen LogP) is 3.22. The summed E-state index contributed by atoms with van der Waals surface area (Å²) < 4.78 is 11.0. The van der Waals surface area contributed by atoms with E-state index in [0.717, 1.165) is 29.2 Å². The molecule has 0 bridgehead atoms. The molecule has 0 saturated heterocycles. The van der Waals surface area contributed by atoms with E-state index in [1.54, 1.807) is 0 Å². The molecule has 0 amide bonds. The van der Waals surface area contributed by atoms with Crippen molar-refractivity contribution in [2.75, 3.05) is 6.54 Å². The van der Waals surface area contributed by atoms with Crippen molar-refractivity contribution < 1.29 is 9.26 Å². The Bertz CT molecular complexity index is 749. The summed E-state index contributed by atoms with van der Waals surface area (Å²) in [5.74, 6) is 1.65. The van der Waals surface area contributed by atoms with Gasteiger partial charge in [-0.25, -0.2) is 0 Å². The molecular formula is C17H18N2O2. The maximum atomic E-state index is 5.92. The van der Waals surface area contributed by atoms with Crippen molar-refractivity contribution in [1.82, 2.24) is 5.16 Å². The summed E-state index contributed by atoms with van der Waals surface area (Å²) in [5.41, 5.74) is 7.69. The average molecular weight is 282 g/mol. The summed E-state index contributed by atoms with van der Waals surface area (Å²) >= 11 is 0. The monoisotopic (exact) mass is 282 g/mol. The molecule has 0 fully saturated rings. The molecule has 4 nitrogen and oxygen atoms in total. The molecule has 108 valence electrons. The number of benzene rings is 2. The number of rotatable bonds is 5. The predicted molar refractivity (Wildman–Crippen MR) is 82.3 cm³/mol. The summed E-state index contributed by atoms with van der Waals surface area (Å²) in [5, 5.41) is 6.34. The number of nitrogens with two attached hydrogens (primary N) is 1. The Balaban J connectivity index is 1.91. The molecule has 0 saturated carbocycles. The molecule has 1 aromatic heterocycles. The lowest BCUT2D eigenvalue weighted by atomic mass is 10.0. The quantitative estimate of drug-likeness (QED) is 0.780. The fraction of sp³-hybridized carbons (Fsp3) is 0.235. The van der Waals surface area contributed by atoms with E-state index in [0.29, 0.717) is 13.2 Å². The maximum absolute atomic E-state index is 5.92. The molecule has 0 radical (unpaired) electrons. The van der Waals surface area contributed by atoms with E-state index in [1.165, 1.54) is 10.8 Å². The summed E-state index contributed by atoms with van der Waals surface area (Å²) in [6, 6.07) is 14.2. The highest BCUT2D eigenvalue weighted by atomic mass is 16.5. The number of ether oxygens (including phenoxy) is 1. The van der Waals surface area contributed by atoms with E-state index in [4.69, 9.17) is 15.0 Å². The van der Waals surface area contributed by atoms with Gasteiger partial charge in [0.2, 0.25) is 0 Å². The molecule has 0 aliphatic carbocycles. The van der Waals surface area contributed by atoms with E-state index in [1.807, 2.05) is 31.2 Å². The van der Waals surface area contributed by atoms with Crippen LogP contribution in [-0.4, -0.2) is 11.7 Å². The van der Waals surface area contributed by atoms with Crippen LogP contribution in [0.15, 0.2) is 47.0 Å². The van der Waals surface area contributed by atoms with Gasteiger partial charge in [0.15, 0.2) is 0 Å². The van der Waals surface area contributed by atoms with Gasteiger partial charge in [0.1, 0.15) is 23.8 Å². The summed E-state index contributed by atoms with van der Waals surface area (Å²) in [7, 11) is 0. The zero-order valence-corrected chi connectivity index (χ0v) is 12.0. The number of aromatic nitrogens is 1. The third kappa shape index (κ3) is 2.90. The molecule has 21 heavy (non-hydrogen) atoms. The van der Waals surface area contributed by atoms with Gasteiger partial charge in [0.05, 0.1) is 0 Å². The highest BCUT2D eigenvalue weighted by Crippen LogP contribution is 2.29. The van der Waals surface area contributed by atoms with Crippen LogP contribution < -0.4 is 10.5 Å². The molecule has 0 unspecified atom stereocenters. The van der Waals surface area contributed by atoms with Crippen molar-refractivity contribution in [3.05, 3.63) is 59.5 Å². The molecule has 2 aromatic carbocycles. The first-order chi connectivity index (χ1) is 10.3. The fourth-order valence-electron chi connectivity index (χ4n) is 2.49. The van der Waals surface area contributed by atoms with Crippen molar-refractivity contribution in [3.63, 3.8) is 0 Å². The third-order valence-electron chi connectivity index (χ3n) is 3.44. The van der Waals surface area contributed by atoms with Crippen LogP contribution in [0.4, 0.5) is 0 Å². The Hall–Kier alpha value is -2.33. The first kappa shape index (κ1) is 13.6. The molecule has 0 aliphatic rings. The Morgan fingerprint density at radius 3 is 2.81 bits per heavy atom. The maximum Gasteiger partial charge on any atom is 0.134 e.